The van der Waals surface area contributed by atoms with Crippen molar-refractivity contribution in [2.45, 2.75) is 0 Å². The van der Waals surface area contributed by atoms with Gasteiger partial charge in [0.15, 0.2) is 0 Å². The molecule has 8 nitrogen and oxygen atoms in total. The smallest absolute Gasteiger partial charge is 0.275 e. The molecule has 1 saturated heterocycles. The highest BCUT2D eigenvalue weighted by Gasteiger charge is 2.17. The van der Waals surface area contributed by atoms with Crippen molar-refractivity contribution in [2.24, 2.45) is 0 Å². The van der Waals surface area contributed by atoms with Gasteiger partial charge in [-0.05, 0) is 11.4 Å². The third-order valence-corrected chi connectivity index (χ3v) is 4.65. The van der Waals surface area contributed by atoms with E-state index >= 15 is 0 Å². The van der Waals surface area contributed by atoms with Gasteiger partial charge in [0, 0.05) is 38.6 Å². The lowest BCUT2D eigenvalue weighted by Gasteiger charge is -2.26. The minimum Gasteiger partial charge on any atom is -0.379 e. The number of rotatable bonds is 6. The summed E-state index contributed by atoms with van der Waals surface area (Å²) >= 11 is 1.28. The van der Waals surface area contributed by atoms with E-state index in [1.807, 2.05) is 0 Å². The second-order valence-electron chi connectivity index (χ2n) is 5.42. The Morgan fingerprint density at radius 3 is 2.84 bits per heavy atom. The number of nitrogens with zero attached hydrogens (tertiary/aromatic N) is 3. The summed E-state index contributed by atoms with van der Waals surface area (Å²) in [5, 5.41) is 7.37. The topological polar surface area (TPSA) is 96.5 Å². The predicted octanol–water partition coefficient (Wildman–Crippen LogP) is 0.852. The Kier molecular flexibility index (Phi) is 6.04. The van der Waals surface area contributed by atoms with Crippen molar-refractivity contribution >= 4 is 28.8 Å². The number of thiophene rings is 1. The Labute approximate surface area is 149 Å². The third-order valence-electron chi connectivity index (χ3n) is 3.73. The summed E-state index contributed by atoms with van der Waals surface area (Å²) in [6.45, 7) is 4.56. The summed E-state index contributed by atoms with van der Waals surface area (Å²) in [6, 6.07) is 1.70. The van der Waals surface area contributed by atoms with Gasteiger partial charge in [0.2, 0.25) is 0 Å². The largest absolute Gasteiger partial charge is 0.379 e. The molecule has 2 N–H and O–H groups in total. The van der Waals surface area contributed by atoms with Crippen LogP contribution in [0.1, 0.15) is 20.2 Å². The van der Waals surface area contributed by atoms with Crippen molar-refractivity contribution in [1.82, 2.24) is 20.2 Å². The first kappa shape index (κ1) is 17.5. The lowest BCUT2D eigenvalue weighted by molar-refractivity contribution is 0.0383. The van der Waals surface area contributed by atoms with Gasteiger partial charge in [0.1, 0.15) is 10.6 Å². The van der Waals surface area contributed by atoms with E-state index < -0.39 is 5.91 Å². The van der Waals surface area contributed by atoms with Crippen molar-refractivity contribution in [3.05, 3.63) is 40.6 Å². The molecule has 0 saturated carbocycles. The monoisotopic (exact) mass is 361 g/mol. The number of carbonyl (C=O) groups excluding carboxylic acids is 2. The van der Waals surface area contributed by atoms with E-state index in [1.165, 1.54) is 29.9 Å². The van der Waals surface area contributed by atoms with Gasteiger partial charge in [-0.15, -0.1) is 11.3 Å². The van der Waals surface area contributed by atoms with Gasteiger partial charge in [-0.25, -0.2) is 4.98 Å². The van der Waals surface area contributed by atoms with Crippen LogP contribution in [0.3, 0.4) is 0 Å². The second kappa shape index (κ2) is 8.65. The fourth-order valence-corrected chi connectivity index (χ4v) is 3.18. The lowest BCUT2D eigenvalue weighted by Crippen LogP contribution is -2.41. The Morgan fingerprint density at radius 2 is 2.08 bits per heavy atom. The summed E-state index contributed by atoms with van der Waals surface area (Å²) in [7, 11) is 0. The first-order valence-corrected chi connectivity index (χ1v) is 8.85. The van der Waals surface area contributed by atoms with Gasteiger partial charge in [0.05, 0.1) is 25.1 Å². The molecule has 2 amide bonds. The summed E-state index contributed by atoms with van der Waals surface area (Å²) in [5.41, 5.74) is 0.678. The quantitative estimate of drug-likeness (QED) is 0.792. The number of hydrogen-bond acceptors (Lipinski definition) is 7. The first-order chi connectivity index (χ1) is 12.2. The van der Waals surface area contributed by atoms with E-state index in [1.54, 1.807) is 11.4 Å². The van der Waals surface area contributed by atoms with Crippen LogP contribution >= 0.6 is 11.3 Å². The van der Waals surface area contributed by atoms with E-state index in [0.29, 0.717) is 17.1 Å². The van der Waals surface area contributed by atoms with Crippen LogP contribution in [0.2, 0.25) is 0 Å². The highest BCUT2D eigenvalue weighted by molar-refractivity contribution is 7.12. The number of anilines is 1. The molecule has 2 aromatic heterocycles. The molecule has 0 aliphatic carbocycles. The van der Waals surface area contributed by atoms with Gasteiger partial charge in [-0.2, -0.15) is 0 Å². The molecule has 9 heteroatoms. The highest BCUT2D eigenvalue weighted by atomic mass is 32.1. The molecule has 3 heterocycles. The average molecular weight is 361 g/mol. The molecule has 25 heavy (non-hydrogen) atoms. The molecule has 1 aliphatic rings. The van der Waals surface area contributed by atoms with Gasteiger partial charge in [-0.1, -0.05) is 0 Å². The number of morpholine rings is 1. The van der Waals surface area contributed by atoms with E-state index in [9.17, 15) is 9.59 Å². The minimum absolute atomic E-state index is 0.197. The SMILES string of the molecule is O=C(Nc1ccsc1C(=O)NCCN1CCOCC1)c1cnccn1. The van der Waals surface area contributed by atoms with Crippen molar-refractivity contribution in [1.29, 1.82) is 0 Å². The van der Waals surface area contributed by atoms with Crippen LogP contribution in [0.15, 0.2) is 30.0 Å². The Hall–Kier alpha value is -2.36. The third kappa shape index (κ3) is 4.81. The molecule has 0 bridgehead atoms. The van der Waals surface area contributed by atoms with Crippen molar-refractivity contribution in [2.75, 3.05) is 44.7 Å². The Bertz CT molecular complexity index is 716. The number of amides is 2. The summed E-state index contributed by atoms with van der Waals surface area (Å²) in [6.07, 6.45) is 4.32. The molecule has 132 valence electrons. The van der Waals surface area contributed by atoms with Gasteiger partial charge in [-0.3, -0.25) is 19.5 Å². The number of aromatic nitrogens is 2. The maximum Gasteiger partial charge on any atom is 0.275 e. The molecule has 1 fully saturated rings. The first-order valence-electron chi connectivity index (χ1n) is 7.97. The summed E-state index contributed by atoms with van der Waals surface area (Å²) in [5.74, 6) is -0.591. The number of carbonyl (C=O) groups is 2. The maximum atomic E-state index is 12.4. The standard InChI is InChI=1S/C16H19N5O3S/c22-15(13-11-17-2-3-18-13)20-12-1-10-25-14(12)16(23)19-4-5-21-6-8-24-9-7-21/h1-3,10-11H,4-9H2,(H,19,23)(H,20,22). The number of nitrogens with one attached hydrogen (secondary N) is 2. The van der Waals surface area contributed by atoms with Crippen LogP contribution in [-0.4, -0.2) is 66.1 Å². The van der Waals surface area contributed by atoms with E-state index in [4.69, 9.17) is 4.74 Å². The van der Waals surface area contributed by atoms with Crippen LogP contribution in [0, 0.1) is 0 Å². The van der Waals surface area contributed by atoms with Crippen LogP contribution in [-0.2, 0) is 4.74 Å². The Morgan fingerprint density at radius 1 is 1.24 bits per heavy atom. The lowest BCUT2D eigenvalue weighted by atomic mass is 10.3. The normalized spacial score (nSPS) is 14.9. The zero-order chi connectivity index (χ0) is 17.5. The molecule has 0 unspecified atom stereocenters. The van der Waals surface area contributed by atoms with Crippen LogP contribution in [0.5, 0.6) is 0 Å². The van der Waals surface area contributed by atoms with Gasteiger partial charge >= 0.3 is 0 Å². The number of hydrogen-bond donors (Lipinski definition) is 2. The maximum absolute atomic E-state index is 12.4. The molecule has 3 rings (SSSR count). The van der Waals surface area contributed by atoms with Crippen molar-refractivity contribution in [3.8, 4) is 0 Å². The second-order valence-corrected chi connectivity index (χ2v) is 6.33. The minimum atomic E-state index is -0.395. The summed E-state index contributed by atoms with van der Waals surface area (Å²) < 4.78 is 5.30. The van der Waals surface area contributed by atoms with Crippen molar-refractivity contribution in [3.63, 3.8) is 0 Å². The highest BCUT2D eigenvalue weighted by Crippen LogP contribution is 2.22. The van der Waals surface area contributed by atoms with Crippen LogP contribution in [0.25, 0.3) is 0 Å². The Balaban J connectivity index is 1.53. The molecule has 1 aliphatic heterocycles. The number of ether oxygens (including phenoxy) is 1. The van der Waals surface area contributed by atoms with Crippen LogP contribution < -0.4 is 10.6 Å². The molecular formula is C16H19N5O3S. The van der Waals surface area contributed by atoms with E-state index in [0.717, 1.165) is 32.8 Å². The molecular weight excluding hydrogens is 342 g/mol. The van der Waals surface area contributed by atoms with E-state index in [-0.39, 0.29) is 11.6 Å². The molecule has 0 radical (unpaired) electrons. The fraction of sp³-hybridized carbons (Fsp3) is 0.375. The van der Waals surface area contributed by atoms with Crippen molar-refractivity contribution < 1.29 is 14.3 Å². The molecule has 2 aromatic rings. The molecule has 0 spiro atoms. The summed E-state index contributed by atoms with van der Waals surface area (Å²) in [4.78, 5) is 35.0. The average Bonchev–Trinajstić information content (AvgIpc) is 3.11. The van der Waals surface area contributed by atoms with Crippen LogP contribution in [0.4, 0.5) is 5.69 Å². The zero-order valence-electron chi connectivity index (χ0n) is 13.6. The van der Waals surface area contributed by atoms with E-state index in [2.05, 4.69) is 25.5 Å². The zero-order valence-corrected chi connectivity index (χ0v) is 14.4. The molecule has 0 atom stereocenters. The van der Waals surface area contributed by atoms with Gasteiger partial charge < -0.3 is 15.4 Å². The fourth-order valence-electron chi connectivity index (χ4n) is 2.42. The predicted molar refractivity (Wildman–Crippen MR) is 93.9 cm³/mol. The molecule has 0 aromatic carbocycles. The van der Waals surface area contributed by atoms with Gasteiger partial charge in [0.25, 0.3) is 11.8 Å².